The Morgan fingerprint density at radius 1 is 0.800 bits per heavy atom. The van der Waals surface area contributed by atoms with Gasteiger partial charge in [0.15, 0.2) is 18.4 Å². The Kier molecular flexibility index (Phi) is 5.54. The van der Waals surface area contributed by atoms with Crippen LogP contribution in [0.15, 0.2) is 49.1 Å². The van der Waals surface area contributed by atoms with Crippen LogP contribution in [0.4, 0.5) is 0 Å². The molecule has 1 aliphatic rings. The van der Waals surface area contributed by atoms with Crippen molar-refractivity contribution in [1.29, 1.82) is 0 Å². The molecule has 0 bridgehead atoms. The zero-order valence-electron chi connectivity index (χ0n) is 11.7. The summed E-state index contributed by atoms with van der Waals surface area (Å²) in [6.45, 7) is 0. The van der Waals surface area contributed by atoms with Crippen molar-refractivity contribution < 1.29 is 17.0 Å². The van der Waals surface area contributed by atoms with Crippen molar-refractivity contribution in [1.82, 2.24) is 4.98 Å². The molecule has 1 aliphatic carbocycles. The van der Waals surface area contributed by atoms with E-state index in [0.29, 0.717) is 6.04 Å². The Morgan fingerprint density at radius 3 is 1.95 bits per heavy atom. The monoisotopic (exact) mass is 288 g/mol. The number of aromatic nitrogens is 2. The molecule has 20 heavy (non-hydrogen) atoms. The highest BCUT2D eigenvalue weighted by atomic mass is 35.5. The van der Waals surface area contributed by atoms with E-state index in [4.69, 9.17) is 0 Å². The minimum atomic E-state index is 0. The molecule has 2 aromatic rings. The average molecular weight is 289 g/mol. The summed E-state index contributed by atoms with van der Waals surface area (Å²) >= 11 is 0. The summed E-state index contributed by atoms with van der Waals surface area (Å²) in [4.78, 5) is 4.07. The van der Waals surface area contributed by atoms with E-state index in [0.717, 1.165) is 0 Å². The van der Waals surface area contributed by atoms with E-state index >= 15 is 0 Å². The van der Waals surface area contributed by atoms with Gasteiger partial charge in [0.1, 0.15) is 0 Å². The molecule has 0 aromatic carbocycles. The molecule has 0 amide bonds. The van der Waals surface area contributed by atoms with Gasteiger partial charge in [-0.3, -0.25) is 4.98 Å². The normalized spacial score (nSPS) is 16.2. The van der Waals surface area contributed by atoms with E-state index in [9.17, 15) is 0 Å². The molecule has 0 atom stereocenters. The van der Waals surface area contributed by atoms with E-state index in [1.165, 1.54) is 49.7 Å². The number of pyridine rings is 2. The van der Waals surface area contributed by atoms with E-state index < -0.39 is 0 Å². The Bertz CT molecular complexity index is 502. The summed E-state index contributed by atoms with van der Waals surface area (Å²) in [7, 11) is 0. The predicted octanol–water partition coefficient (Wildman–Crippen LogP) is 0.935. The lowest BCUT2D eigenvalue weighted by atomic mass is 10.1. The molecule has 1 fully saturated rings. The van der Waals surface area contributed by atoms with Crippen molar-refractivity contribution in [3.8, 4) is 11.1 Å². The van der Waals surface area contributed by atoms with Crippen molar-refractivity contribution in [2.24, 2.45) is 0 Å². The van der Waals surface area contributed by atoms with Crippen LogP contribution in [0.3, 0.4) is 0 Å². The quantitative estimate of drug-likeness (QED) is 0.594. The van der Waals surface area contributed by atoms with Crippen LogP contribution in [0.25, 0.3) is 11.1 Å². The Balaban J connectivity index is 0.00000147. The van der Waals surface area contributed by atoms with Crippen molar-refractivity contribution in [2.45, 2.75) is 44.6 Å². The molecular formula is C17H21ClN2. The first-order valence-corrected chi connectivity index (χ1v) is 7.35. The zero-order chi connectivity index (χ0) is 12.9. The zero-order valence-corrected chi connectivity index (χ0v) is 12.5. The summed E-state index contributed by atoms with van der Waals surface area (Å²) < 4.78 is 2.40. The highest BCUT2D eigenvalue weighted by Gasteiger charge is 2.19. The molecule has 2 nitrogen and oxygen atoms in total. The van der Waals surface area contributed by atoms with Gasteiger partial charge in [0, 0.05) is 37.4 Å². The minimum Gasteiger partial charge on any atom is -1.00 e. The number of rotatable bonds is 2. The lowest BCUT2D eigenvalue weighted by molar-refractivity contribution is -0.724. The van der Waals surface area contributed by atoms with Gasteiger partial charge in [-0.1, -0.05) is 12.8 Å². The number of hydrogen-bond acceptors (Lipinski definition) is 1. The molecule has 0 aliphatic heterocycles. The van der Waals surface area contributed by atoms with Crippen LogP contribution < -0.4 is 17.0 Å². The van der Waals surface area contributed by atoms with Gasteiger partial charge in [-0.25, -0.2) is 4.57 Å². The van der Waals surface area contributed by atoms with Crippen LogP contribution in [0.1, 0.15) is 44.6 Å². The summed E-state index contributed by atoms with van der Waals surface area (Å²) in [5.74, 6) is 0. The van der Waals surface area contributed by atoms with Gasteiger partial charge in [0.2, 0.25) is 0 Å². The van der Waals surface area contributed by atoms with Gasteiger partial charge in [-0.05, 0) is 36.1 Å². The van der Waals surface area contributed by atoms with Crippen molar-refractivity contribution >= 4 is 0 Å². The van der Waals surface area contributed by atoms with Gasteiger partial charge >= 0.3 is 0 Å². The molecule has 106 valence electrons. The van der Waals surface area contributed by atoms with Crippen LogP contribution in [-0.4, -0.2) is 4.98 Å². The maximum Gasteiger partial charge on any atom is 0.169 e. The third kappa shape index (κ3) is 3.57. The fourth-order valence-electron chi connectivity index (χ4n) is 2.97. The Morgan fingerprint density at radius 2 is 1.35 bits per heavy atom. The van der Waals surface area contributed by atoms with E-state index in [2.05, 4.69) is 46.2 Å². The molecule has 0 spiro atoms. The first-order valence-electron chi connectivity index (χ1n) is 7.35. The van der Waals surface area contributed by atoms with Crippen molar-refractivity contribution in [2.75, 3.05) is 0 Å². The van der Waals surface area contributed by atoms with Crippen molar-refractivity contribution in [3.63, 3.8) is 0 Å². The molecule has 0 saturated heterocycles. The summed E-state index contributed by atoms with van der Waals surface area (Å²) in [5.41, 5.74) is 2.51. The first-order chi connectivity index (χ1) is 9.43. The van der Waals surface area contributed by atoms with Crippen LogP contribution in [-0.2, 0) is 0 Å². The maximum atomic E-state index is 4.07. The predicted molar refractivity (Wildman–Crippen MR) is 76.6 cm³/mol. The first kappa shape index (κ1) is 15.0. The van der Waals surface area contributed by atoms with Gasteiger partial charge in [-0.2, -0.15) is 0 Å². The molecule has 0 radical (unpaired) electrons. The molecule has 2 aromatic heterocycles. The SMILES string of the molecule is [Cl-].c1cc(-c2cc[n+](C3CCCCCC3)cc2)ccn1. The van der Waals surface area contributed by atoms with Gasteiger partial charge < -0.3 is 12.4 Å². The fourth-order valence-corrected chi connectivity index (χ4v) is 2.97. The molecular weight excluding hydrogens is 268 g/mol. The summed E-state index contributed by atoms with van der Waals surface area (Å²) in [5, 5.41) is 0. The second-order valence-electron chi connectivity index (χ2n) is 5.42. The minimum absolute atomic E-state index is 0. The Hall–Kier alpha value is -1.41. The van der Waals surface area contributed by atoms with E-state index in [1.807, 2.05) is 12.4 Å². The third-order valence-electron chi connectivity index (χ3n) is 4.11. The van der Waals surface area contributed by atoms with Crippen LogP contribution in [0, 0.1) is 0 Å². The lowest BCUT2D eigenvalue weighted by Gasteiger charge is -2.09. The third-order valence-corrected chi connectivity index (χ3v) is 4.11. The van der Waals surface area contributed by atoms with Gasteiger partial charge in [-0.15, -0.1) is 0 Å². The van der Waals surface area contributed by atoms with Crippen LogP contribution in [0.5, 0.6) is 0 Å². The molecule has 2 heterocycles. The second kappa shape index (κ2) is 7.39. The highest BCUT2D eigenvalue weighted by Crippen LogP contribution is 2.23. The van der Waals surface area contributed by atoms with E-state index in [-0.39, 0.29) is 12.4 Å². The average Bonchev–Trinajstić information content (AvgIpc) is 2.77. The smallest absolute Gasteiger partial charge is 0.169 e. The molecule has 0 N–H and O–H groups in total. The van der Waals surface area contributed by atoms with Gasteiger partial charge in [0.05, 0.1) is 0 Å². The van der Waals surface area contributed by atoms with Gasteiger partial charge in [0.25, 0.3) is 0 Å². The fraction of sp³-hybridized carbons (Fsp3) is 0.412. The highest BCUT2D eigenvalue weighted by molar-refractivity contribution is 5.61. The second-order valence-corrected chi connectivity index (χ2v) is 5.42. The molecule has 3 rings (SSSR count). The molecule has 1 saturated carbocycles. The summed E-state index contributed by atoms with van der Waals surface area (Å²) in [6.07, 6.45) is 16.4. The van der Waals surface area contributed by atoms with Crippen LogP contribution >= 0.6 is 0 Å². The van der Waals surface area contributed by atoms with Crippen LogP contribution in [0.2, 0.25) is 0 Å². The maximum absolute atomic E-state index is 4.07. The number of hydrogen-bond donors (Lipinski definition) is 0. The number of halogens is 1. The number of nitrogens with zero attached hydrogens (tertiary/aromatic N) is 2. The topological polar surface area (TPSA) is 16.8 Å². The standard InChI is InChI=1S/C17H21N2.ClH/c1-2-4-6-17(5-3-1)19-13-9-16(10-14-19)15-7-11-18-12-8-15;/h7-14,17H,1-6H2;1H/q+1;/p-1. The van der Waals surface area contributed by atoms with Crippen molar-refractivity contribution in [3.05, 3.63) is 49.1 Å². The largest absolute Gasteiger partial charge is 1.00 e. The van der Waals surface area contributed by atoms with E-state index in [1.54, 1.807) is 0 Å². The Labute approximate surface area is 127 Å². The molecule has 3 heteroatoms. The lowest BCUT2D eigenvalue weighted by Crippen LogP contribution is -3.00. The summed E-state index contributed by atoms with van der Waals surface area (Å²) in [6, 6.07) is 9.27. The molecule has 0 unspecified atom stereocenters.